The van der Waals surface area contributed by atoms with E-state index in [9.17, 15) is 28.8 Å². The first-order chi connectivity index (χ1) is 17.3. The predicted molar refractivity (Wildman–Crippen MR) is 142 cm³/mol. The third kappa shape index (κ3) is 8.16. The first kappa shape index (κ1) is 32.8. The van der Waals surface area contributed by atoms with Crippen LogP contribution in [0.25, 0.3) is 0 Å². The Morgan fingerprint density at radius 2 is 1.55 bits per heavy atom. The van der Waals surface area contributed by atoms with Gasteiger partial charge in [0.2, 0.25) is 23.5 Å². The van der Waals surface area contributed by atoms with Gasteiger partial charge in [0.1, 0.15) is 12.1 Å². The fourth-order valence-corrected chi connectivity index (χ4v) is 4.59. The maximum atomic E-state index is 13.9. The van der Waals surface area contributed by atoms with Gasteiger partial charge in [-0.05, 0) is 43.9 Å². The maximum Gasteiger partial charge on any atom is 0.315 e. The Morgan fingerprint density at radius 1 is 1.00 bits per heavy atom. The molecule has 0 bridgehead atoms. The van der Waals surface area contributed by atoms with Crippen LogP contribution >= 0.6 is 0 Å². The minimum Gasteiger partial charge on any atom is -0.363 e. The number of hydrogen-bond acceptors (Lipinski definition) is 6. The number of nitrogens with one attached hydrogen (secondary N) is 3. The molecule has 38 heavy (non-hydrogen) atoms. The maximum absolute atomic E-state index is 13.9. The van der Waals surface area contributed by atoms with Crippen molar-refractivity contribution in [3.05, 3.63) is 0 Å². The molecule has 1 aliphatic heterocycles. The summed E-state index contributed by atoms with van der Waals surface area (Å²) in [6.07, 6.45) is 0. The van der Waals surface area contributed by atoms with Crippen molar-refractivity contribution in [1.82, 2.24) is 25.8 Å². The molecule has 5 atom stereocenters. The summed E-state index contributed by atoms with van der Waals surface area (Å²) < 4.78 is 0. The number of ketones is 1. The van der Waals surface area contributed by atoms with E-state index in [0.29, 0.717) is 0 Å². The lowest BCUT2D eigenvalue weighted by molar-refractivity contribution is -0.144. The van der Waals surface area contributed by atoms with Crippen molar-refractivity contribution in [2.45, 2.75) is 86.5 Å². The third-order valence-corrected chi connectivity index (χ3v) is 7.28. The smallest absolute Gasteiger partial charge is 0.315 e. The Morgan fingerprint density at radius 3 is 2.00 bits per heavy atom. The van der Waals surface area contributed by atoms with Crippen molar-refractivity contribution in [3.63, 3.8) is 0 Å². The van der Waals surface area contributed by atoms with Gasteiger partial charge in [0.25, 0.3) is 5.91 Å². The van der Waals surface area contributed by atoms with Gasteiger partial charge in [0.15, 0.2) is 0 Å². The highest BCUT2D eigenvalue weighted by molar-refractivity contribution is 6.37. The SMILES string of the molecule is CC(NC(=O)C1C(C)C(C(C)C)CN1C(=O)C(NC(=O)NCC(=O)N(C)C(C)C)C(C)(C)C)C(=O)C(N)=O. The lowest BCUT2D eigenvalue weighted by Crippen LogP contribution is -2.60. The van der Waals surface area contributed by atoms with Gasteiger partial charge >= 0.3 is 6.03 Å². The second kappa shape index (κ2) is 13.1. The van der Waals surface area contributed by atoms with Crippen LogP contribution in [-0.2, 0) is 24.0 Å². The molecule has 12 nitrogen and oxygen atoms in total. The van der Waals surface area contributed by atoms with Gasteiger partial charge in [-0.15, -0.1) is 0 Å². The number of urea groups is 1. The van der Waals surface area contributed by atoms with Crippen LogP contribution in [0.15, 0.2) is 0 Å². The van der Waals surface area contributed by atoms with E-state index >= 15 is 0 Å². The first-order valence-corrected chi connectivity index (χ1v) is 13.1. The highest BCUT2D eigenvalue weighted by Gasteiger charge is 2.49. The summed E-state index contributed by atoms with van der Waals surface area (Å²) in [6, 6.07) is -3.80. The molecule has 0 spiro atoms. The molecule has 0 saturated carbocycles. The van der Waals surface area contributed by atoms with Gasteiger partial charge in [-0.2, -0.15) is 0 Å². The second-order valence-corrected chi connectivity index (χ2v) is 11.9. The molecule has 0 aromatic carbocycles. The summed E-state index contributed by atoms with van der Waals surface area (Å²) in [7, 11) is 1.64. The third-order valence-electron chi connectivity index (χ3n) is 7.28. The van der Waals surface area contributed by atoms with Crippen LogP contribution in [-0.4, -0.2) is 89.5 Å². The first-order valence-electron chi connectivity index (χ1n) is 13.1. The number of likely N-dealkylation sites (N-methyl/N-ethyl adjacent to an activating group) is 1. The summed E-state index contributed by atoms with van der Waals surface area (Å²) >= 11 is 0. The predicted octanol–water partition coefficient (Wildman–Crippen LogP) is 0.245. The zero-order valence-electron chi connectivity index (χ0n) is 24.4. The van der Waals surface area contributed by atoms with Crippen LogP contribution in [0.2, 0.25) is 0 Å². The Labute approximate surface area is 225 Å². The highest BCUT2D eigenvalue weighted by Crippen LogP contribution is 2.36. The molecule has 1 heterocycles. The normalized spacial score (nSPS) is 21.1. The van der Waals surface area contributed by atoms with E-state index in [4.69, 9.17) is 5.73 Å². The Kier molecular flexibility index (Phi) is 11.3. The fourth-order valence-electron chi connectivity index (χ4n) is 4.59. The van der Waals surface area contributed by atoms with Gasteiger partial charge in [-0.1, -0.05) is 41.5 Å². The quantitative estimate of drug-likeness (QED) is 0.290. The lowest BCUT2D eigenvalue weighted by Gasteiger charge is -2.36. The summed E-state index contributed by atoms with van der Waals surface area (Å²) in [5, 5.41) is 7.73. The second-order valence-electron chi connectivity index (χ2n) is 11.9. The number of likely N-dealkylation sites (tertiary alicyclic amines) is 1. The number of nitrogens with zero attached hydrogens (tertiary/aromatic N) is 2. The van der Waals surface area contributed by atoms with Crippen molar-refractivity contribution in [2.24, 2.45) is 28.9 Å². The topological polar surface area (TPSA) is 171 Å². The van der Waals surface area contributed by atoms with Crippen molar-refractivity contribution >= 4 is 35.4 Å². The monoisotopic (exact) mass is 538 g/mol. The van der Waals surface area contributed by atoms with Crippen LogP contribution < -0.4 is 21.7 Å². The molecule has 0 aromatic rings. The summed E-state index contributed by atoms with van der Waals surface area (Å²) in [4.78, 5) is 78.4. The number of primary amides is 1. The number of carbonyl (C=O) groups excluding carboxylic acids is 6. The Bertz CT molecular complexity index is 928. The summed E-state index contributed by atoms with van der Waals surface area (Å²) in [6.45, 7) is 16.3. The van der Waals surface area contributed by atoms with Crippen LogP contribution in [0.3, 0.4) is 0 Å². The van der Waals surface area contributed by atoms with E-state index in [2.05, 4.69) is 16.0 Å². The van der Waals surface area contributed by atoms with E-state index in [1.165, 1.54) is 16.7 Å². The van der Waals surface area contributed by atoms with Gasteiger partial charge in [0.05, 0.1) is 12.6 Å². The molecule has 1 aliphatic rings. The van der Waals surface area contributed by atoms with E-state index in [1.54, 1.807) is 27.8 Å². The average molecular weight is 539 g/mol. The number of nitrogens with two attached hydrogens (primary N) is 1. The van der Waals surface area contributed by atoms with Crippen LogP contribution in [0.1, 0.15) is 62.3 Å². The highest BCUT2D eigenvalue weighted by atomic mass is 16.2. The van der Waals surface area contributed by atoms with Gasteiger partial charge in [-0.3, -0.25) is 24.0 Å². The number of carbonyl (C=O) groups is 6. The van der Waals surface area contributed by atoms with Crippen LogP contribution in [0.5, 0.6) is 0 Å². The van der Waals surface area contributed by atoms with Crippen molar-refractivity contribution in [1.29, 1.82) is 0 Å². The number of rotatable bonds is 10. The van der Waals surface area contributed by atoms with Crippen molar-refractivity contribution < 1.29 is 28.8 Å². The summed E-state index contributed by atoms with van der Waals surface area (Å²) in [5.74, 6) is -3.53. The van der Waals surface area contributed by atoms with Gasteiger partial charge in [0, 0.05) is 19.6 Å². The van der Waals surface area contributed by atoms with Crippen LogP contribution in [0, 0.1) is 23.2 Å². The number of hydrogen-bond donors (Lipinski definition) is 4. The van der Waals surface area contributed by atoms with Gasteiger partial charge < -0.3 is 31.5 Å². The number of amides is 6. The minimum absolute atomic E-state index is 0.0181. The molecule has 1 saturated heterocycles. The molecule has 5 unspecified atom stereocenters. The molecular formula is C26H46N6O6. The van der Waals surface area contributed by atoms with E-state index in [-0.39, 0.29) is 42.8 Å². The minimum atomic E-state index is -1.16. The molecule has 1 fully saturated rings. The van der Waals surface area contributed by atoms with Crippen molar-refractivity contribution in [3.8, 4) is 0 Å². The van der Waals surface area contributed by atoms with Crippen molar-refractivity contribution in [2.75, 3.05) is 20.1 Å². The van der Waals surface area contributed by atoms with E-state index in [0.717, 1.165) is 0 Å². The Balaban J connectivity index is 3.19. The molecule has 0 radical (unpaired) electrons. The average Bonchev–Trinajstić information content (AvgIpc) is 3.15. The van der Waals surface area contributed by atoms with Gasteiger partial charge in [-0.25, -0.2) is 4.79 Å². The zero-order valence-corrected chi connectivity index (χ0v) is 24.4. The Hall–Kier alpha value is -3.18. The summed E-state index contributed by atoms with van der Waals surface area (Å²) in [5.41, 5.74) is 4.33. The molecule has 5 N–H and O–H groups in total. The zero-order chi connectivity index (χ0) is 29.7. The lowest BCUT2D eigenvalue weighted by atomic mass is 9.84. The standard InChI is InChI=1S/C26H46N6O6/c1-13(2)17-12-32(19(15(17)5)23(36)29-16(6)20(34)22(27)35)24(37)21(26(7,8)9)30-25(38)28-11-18(33)31(10)14(3)4/h13-17,19,21H,11-12H2,1-10H3,(H2,27,35)(H,29,36)(H2,28,30,38). The fraction of sp³-hybridized carbons (Fsp3) is 0.769. The van der Waals surface area contributed by atoms with E-state index < -0.39 is 53.1 Å². The molecule has 6 amide bonds. The largest absolute Gasteiger partial charge is 0.363 e. The van der Waals surface area contributed by atoms with E-state index in [1.807, 2.05) is 34.6 Å². The molecule has 1 rings (SSSR count). The number of Topliss-reactive ketones (excluding diaryl/α,β-unsaturated/α-hetero) is 1. The molecule has 0 aromatic heterocycles. The molecule has 216 valence electrons. The van der Waals surface area contributed by atoms with Crippen LogP contribution in [0.4, 0.5) is 4.79 Å². The molecule has 12 heteroatoms. The molecular weight excluding hydrogens is 492 g/mol. The molecule has 0 aliphatic carbocycles.